The van der Waals surface area contributed by atoms with Crippen LogP contribution in [0.1, 0.15) is 237 Å². The maximum absolute atomic E-state index is 3.88. The first-order valence-corrected chi connectivity index (χ1v) is 35.6. The molecule has 0 unspecified atom stereocenters. The second-order valence-electron chi connectivity index (χ2n) is 26.1. The van der Waals surface area contributed by atoms with Crippen molar-refractivity contribution in [1.29, 1.82) is 0 Å². The molecule has 0 nitrogen and oxygen atoms in total. The molecular formula is C88H89I. The van der Waals surface area contributed by atoms with Crippen LogP contribution in [0.4, 0.5) is 0 Å². The lowest BCUT2D eigenvalue weighted by Gasteiger charge is -2.33. The molecule has 0 saturated heterocycles. The standard InChI is InChI=1S/C88H89I/c1-5-9-13-17-29-55-87(56-30-18-14-10-6-2)83-59-64(41-48-76-70-35-23-21-33-67(70)62-68-34-22-24-36-71(68)76)44-51-79(83)80-52-45-65(60-84(80)87)42-49-77-72-37-25-27-39-74(72)78(75-40-28-26-38-73(75)77)50-43-66-46-53-81-82-54-47-69(89)63-86(82)88(85(81)61-66,57-31-19-15-11-7-3)58-32-20-16-12-8-4/h21-28,33-40,44-47,51-54,59-63H,5-20,29-32,55-58H2,1-4H3. The van der Waals surface area contributed by atoms with Crippen molar-refractivity contribution in [2.75, 3.05) is 0 Å². The highest BCUT2D eigenvalue weighted by Crippen LogP contribution is 2.56. The Bertz CT molecular complexity index is 4240. The zero-order chi connectivity index (χ0) is 61.0. The molecule has 2 aliphatic rings. The van der Waals surface area contributed by atoms with Crippen molar-refractivity contribution in [3.63, 3.8) is 0 Å². The maximum Gasteiger partial charge on any atom is 0.0406 e. The van der Waals surface area contributed by atoms with Gasteiger partial charge in [0.2, 0.25) is 0 Å². The Kier molecular flexibility index (Phi) is 20.2. The first-order valence-electron chi connectivity index (χ1n) is 34.5. The molecule has 0 saturated carbocycles. The molecule has 10 aromatic carbocycles. The number of unbranched alkanes of at least 4 members (excludes halogenated alkanes) is 16. The van der Waals surface area contributed by atoms with Crippen LogP contribution in [0.15, 0.2) is 176 Å². The third-order valence-corrected chi connectivity index (χ3v) is 20.9. The van der Waals surface area contributed by atoms with Crippen LogP contribution in [-0.2, 0) is 10.8 Å². The normalized spacial score (nSPS) is 13.1. The van der Waals surface area contributed by atoms with Gasteiger partial charge in [0.05, 0.1) is 0 Å². The molecule has 10 aromatic rings. The Labute approximate surface area is 547 Å². The number of hydrogen-bond acceptors (Lipinski definition) is 0. The number of fused-ring (bicyclic) bond motifs is 10. The van der Waals surface area contributed by atoms with Crippen molar-refractivity contribution < 1.29 is 0 Å². The van der Waals surface area contributed by atoms with Gasteiger partial charge < -0.3 is 0 Å². The van der Waals surface area contributed by atoms with Gasteiger partial charge in [-0.15, -0.1) is 0 Å². The summed E-state index contributed by atoms with van der Waals surface area (Å²) >= 11 is 2.55. The van der Waals surface area contributed by atoms with E-state index in [2.05, 4.69) is 262 Å². The molecule has 0 aliphatic heterocycles. The van der Waals surface area contributed by atoms with E-state index in [1.807, 2.05) is 0 Å². The monoisotopic (exact) mass is 1270 g/mol. The van der Waals surface area contributed by atoms with E-state index in [0.717, 1.165) is 67.8 Å². The van der Waals surface area contributed by atoms with E-state index in [1.54, 1.807) is 5.56 Å². The molecule has 0 bridgehead atoms. The fourth-order valence-corrected chi connectivity index (χ4v) is 16.1. The van der Waals surface area contributed by atoms with E-state index in [1.165, 1.54) is 205 Å². The molecule has 2 aliphatic carbocycles. The molecule has 448 valence electrons. The minimum Gasteiger partial charge on any atom is -0.0654 e. The van der Waals surface area contributed by atoms with E-state index in [9.17, 15) is 0 Å². The van der Waals surface area contributed by atoms with Gasteiger partial charge in [-0.25, -0.2) is 0 Å². The van der Waals surface area contributed by atoms with Gasteiger partial charge in [0.25, 0.3) is 0 Å². The van der Waals surface area contributed by atoms with Crippen LogP contribution in [0.25, 0.3) is 65.3 Å². The number of hydrogen-bond donors (Lipinski definition) is 0. The molecule has 0 fully saturated rings. The second-order valence-corrected chi connectivity index (χ2v) is 27.3. The molecule has 0 spiro atoms. The van der Waals surface area contributed by atoms with Crippen LogP contribution >= 0.6 is 22.6 Å². The highest BCUT2D eigenvalue weighted by Gasteiger charge is 2.44. The minimum absolute atomic E-state index is 0.00256. The van der Waals surface area contributed by atoms with Crippen molar-refractivity contribution in [3.8, 4) is 57.8 Å². The molecule has 1 heteroatoms. The zero-order valence-electron chi connectivity index (χ0n) is 53.6. The summed E-state index contributed by atoms with van der Waals surface area (Å²) in [5.74, 6) is 22.9. The highest BCUT2D eigenvalue weighted by atomic mass is 127. The summed E-state index contributed by atoms with van der Waals surface area (Å²) in [6.45, 7) is 9.30. The zero-order valence-corrected chi connectivity index (χ0v) is 55.7. The summed E-state index contributed by atoms with van der Waals surface area (Å²) in [6, 6.07) is 66.3. The molecule has 0 atom stereocenters. The topological polar surface area (TPSA) is 0 Å². The maximum atomic E-state index is 3.88. The molecule has 12 rings (SSSR count). The van der Waals surface area contributed by atoms with Crippen LogP contribution in [0.2, 0.25) is 0 Å². The SMILES string of the molecule is CCCCCCCC1(CCCCCCC)c2cc(I)ccc2-c2ccc(C#Cc3c4ccccc4c(C#Cc4ccc5c(c4)C(CCCCCCC)(CCCCCCC)c4cc(C#Cc6c7ccccc7cc7ccccc67)ccc4-5)c4ccccc34)cc21. The molecule has 0 radical (unpaired) electrons. The van der Waals surface area contributed by atoms with Crippen LogP contribution in [0, 0.1) is 39.1 Å². The van der Waals surface area contributed by atoms with Gasteiger partial charge in [0.15, 0.2) is 0 Å². The van der Waals surface area contributed by atoms with Crippen molar-refractivity contribution in [1.82, 2.24) is 0 Å². The smallest absolute Gasteiger partial charge is 0.0406 e. The third kappa shape index (κ3) is 13.0. The average molecular weight is 1270 g/mol. The summed E-state index contributed by atoms with van der Waals surface area (Å²) in [4.78, 5) is 0. The van der Waals surface area contributed by atoms with E-state index in [4.69, 9.17) is 0 Å². The van der Waals surface area contributed by atoms with Gasteiger partial charge in [-0.2, -0.15) is 0 Å². The summed E-state index contributed by atoms with van der Waals surface area (Å²) in [5, 5.41) is 9.49. The van der Waals surface area contributed by atoms with Crippen LogP contribution in [0.5, 0.6) is 0 Å². The van der Waals surface area contributed by atoms with Gasteiger partial charge in [0, 0.05) is 47.8 Å². The van der Waals surface area contributed by atoms with Crippen LogP contribution < -0.4 is 0 Å². The number of rotatable bonds is 24. The second kappa shape index (κ2) is 29.1. The van der Waals surface area contributed by atoms with Gasteiger partial charge in [-0.3, -0.25) is 0 Å². The molecular weight excluding hydrogens is 1180 g/mol. The number of halogens is 1. The van der Waals surface area contributed by atoms with Crippen molar-refractivity contribution >= 4 is 65.7 Å². The summed E-state index contributed by atoms with van der Waals surface area (Å²) in [7, 11) is 0. The summed E-state index contributed by atoms with van der Waals surface area (Å²) in [6.07, 6.45) is 30.1. The fraction of sp³-hybridized carbons (Fsp3) is 0.341. The van der Waals surface area contributed by atoms with E-state index >= 15 is 0 Å². The Balaban J connectivity index is 0.926. The van der Waals surface area contributed by atoms with Gasteiger partial charge in [-0.1, -0.05) is 313 Å². The predicted molar refractivity (Wildman–Crippen MR) is 392 cm³/mol. The van der Waals surface area contributed by atoms with Gasteiger partial charge >= 0.3 is 0 Å². The molecule has 89 heavy (non-hydrogen) atoms. The quantitative estimate of drug-likeness (QED) is 0.0245. The lowest BCUT2D eigenvalue weighted by molar-refractivity contribution is 0.398. The Morgan fingerprint density at radius 2 is 0.551 bits per heavy atom. The largest absolute Gasteiger partial charge is 0.0654 e. The van der Waals surface area contributed by atoms with E-state index in [0.29, 0.717) is 0 Å². The van der Waals surface area contributed by atoms with E-state index in [-0.39, 0.29) is 10.8 Å². The Morgan fingerprint density at radius 3 is 0.888 bits per heavy atom. The van der Waals surface area contributed by atoms with Gasteiger partial charge in [-0.05, 0) is 190 Å². The van der Waals surface area contributed by atoms with E-state index < -0.39 is 0 Å². The number of benzene rings is 10. The lowest BCUT2D eigenvalue weighted by Crippen LogP contribution is -2.26. The summed E-state index contributed by atoms with van der Waals surface area (Å²) in [5.41, 5.74) is 17.9. The highest BCUT2D eigenvalue weighted by molar-refractivity contribution is 14.1. The first-order chi connectivity index (χ1) is 43.9. The van der Waals surface area contributed by atoms with Gasteiger partial charge in [0.1, 0.15) is 0 Å². The Hall–Kier alpha value is -7.35. The first kappa shape index (κ1) is 61.9. The van der Waals surface area contributed by atoms with Crippen LogP contribution in [0.3, 0.4) is 0 Å². The van der Waals surface area contributed by atoms with Crippen molar-refractivity contribution in [3.05, 3.63) is 235 Å². The molecule has 0 amide bonds. The lowest BCUT2D eigenvalue weighted by atomic mass is 9.70. The third-order valence-electron chi connectivity index (χ3n) is 20.2. The molecule has 0 heterocycles. The van der Waals surface area contributed by atoms with Crippen molar-refractivity contribution in [2.24, 2.45) is 0 Å². The molecule has 0 N–H and O–H groups in total. The Morgan fingerprint density at radius 1 is 0.270 bits per heavy atom. The predicted octanol–water partition coefficient (Wildman–Crippen LogP) is 25.1. The minimum atomic E-state index is -0.129. The summed E-state index contributed by atoms with van der Waals surface area (Å²) < 4.78 is 1.33. The van der Waals surface area contributed by atoms with Crippen LogP contribution in [-0.4, -0.2) is 0 Å². The van der Waals surface area contributed by atoms with Crippen molar-refractivity contribution in [2.45, 2.75) is 193 Å². The average Bonchev–Trinajstić information content (AvgIpc) is 1.66. The molecule has 0 aromatic heterocycles. The fourth-order valence-electron chi connectivity index (χ4n) is 15.6.